The molecule has 0 aliphatic heterocycles. The maximum absolute atomic E-state index is 13.0. The number of sulfonamides is 1. The van der Waals surface area contributed by atoms with Gasteiger partial charge in [-0.25, -0.2) is 17.9 Å². The summed E-state index contributed by atoms with van der Waals surface area (Å²) >= 11 is 0. The van der Waals surface area contributed by atoms with Crippen LogP contribution in [0.3, 0.4) is 0 Å². The van der Waals surface area contributed by atoms with Crippen molar-refractivity contribution in [1.29, 1.82) is 0 Å². The van der Waals surface area contributed by atoms with E-state index in [0.717, 1.165) is 31.8 Å². The van der Waals surface area contributed by atoms with Gasteiger partial charge in [0.25, 0.3) is 11.5 Å². The molecule has 2 aliphatic rings. The molecule has 2 aromatic rings. The van der Waals surface area contributed by atoms with Crippen molar-refractivity contribution < 1.29 is 13.2 Å². The predicted molar refractivity (Wildman–Crippen MR) is 112 cm³/mol. The molecule has 2 N–H and O–H groups in total. The van der Waals surface area contributed by atoms with Gasteiger partial charge in [0.15, 0.2) is 0 Å². The Kier molecular flexibility index (Phi) is 4.74. The lowest BCUT2D eigenvalue weighted by Crippen LogP contribution is -2.46. The molecule has 1 amide bonds. The van der Waals surface area contributed by atoms with E-state index >= 15 is 0 Å². The van der Waals surface area contributed by atoms with Crippen LogP contribution in [0, 0.1) is 12.8 Å². The molecule has 2 aliphatic carbocycles. The lowest BCUT2D eigenvalue weighted by Gasteiger charge is -2.17. The summed E-state index contributed by atoms with van der Waals surface area (Å²) in [5, 5.41) is 0.0477. The fourth-order valence-electron chi connectivity index (χ4n) is 3.45. The third-order valence-electron chi connectivity index (χ3n) is 5.66. The van der Waals surface area contributed by atoms with E-state index < -0.39 is 32.7 Å². The van der Waals surface area contributed by atoms with Crippen molar-refractivity contribution in [3.63, 3.8) is 0 Å². The van der Waals surface area contributed by atoms with Crippen LogP contribution in [-0.2, 0) is 21.4 Å². The minimum atomic E-state index is -3.86. The van der Waals surface area contributed by atoms with Gasteiger partial charge < -0.3 is 0 Å². The SMILES string of the molecule is C=CC(=O)Nn1c(=O)c2cc(S(=O)(=O)NC3(C)CC3)c(C)cc2n(CC2CC2)c1=O. The van der Waals surface area contributed by atoms with Crippen LogP contribution in [0.15, 0.2) is 39.3 Å². The van der Waals surface area contributed by atoms with E-state index in [1.807, 2.05) is 6.92 Å². The summed E-state index contributed by atoms with van der Waals surface area (Å²) in [6, 6.07) is 2.85. The number of hydrogen-bond acceptors (Lipinski definition) is 5. The first-order chi connectivity index (χ1) is 14.0. The van der Waals surface area contributed by atoms with Gasteiger partial charge in [-0.3, -0.25) is 19.6 Å². The smallest absolute Gasteiger partial charge is 0.291 e. The second kappa shape index (κ2) is 6.92. The van der Waals surface area contributed by atoms with Gasteiger partial charge >= 0.3 is 5.69 Å². The number of aryl methyl sites for hydroxylation is 1. The van der Waals surface area contributed by atoms with Gasteiger partial charge in [-0.05, 0) is 69.2 Å². The fraction of sp³-hybridized carbons (Fsp3) is 0.450. The molecule has 30 heavy (non-hydrogen) atoms. The standard InChI is InChI=1S/C20H24N4O5S/c1-4-17(25)21-24-18(26)14-10-16(30(28,29)22-20(3)7-8-20)12(2)9-15(14)23(19(24)27)11-13-5-6-13/h4,9-10,13,22H,1,5-8,11H2,2-3H3,(H,21,25). The van der Waals surface area contributed by atoms with Crippen molar-refractivity contribution in [2.75, 3.05) is 5.43 Å². The monoisotopic (exact) mass is 432 g/mol. The molecule has 4 rings (SSSR count). The number of benzene rings is 1. The van der Waals surface area contributed by atoms with Crippen LogP contribution in [0.4, 0.5) is 0 Å². The second-order valence-electron chi connectivity index (χ2n) is 8.46. The Bertz CT molecular complexity index is 1300. The van der Waals surface area contributed by atoms with Crippen molar-refractivity contribution in [2.45, 2.75) is 56.5 Å². The van der Waals surface area contributed by atoms with E-state index in [2.05, 4.69) is 16.7 Å². The highest BCUT2D eigenvalue weighted by molar-refractivity contribution is 7.89. The molecular formula is C20H24N4O5S. The number of carbonyl (C=O) groups is 1. The van der Waals surface area contributed by atoms with Crippen LogP contribution in [0.1, 0.15) is 38.2 Å². The summed E-state index contributed by atoms with van der Waals surface area (Å²) < 4.78 is 30.6. The quantitative estimate of drug-likeness (QED) is 0.632. The van der Waals surface area contributed by atoms with Gasteiger partial charge in [0.2, 0.25) is 10.0 Å². The van der Waals surface area contributed by atoms with Crippen LogP contribution in [0.5, 0.6) is 0 Å². The number of hydrogen-bond donors (Lipinski definition) is 2. The highest BCUT2D eigenvalue weighted by Crippen LogP contribution is 2.36. The molecule has 10 heteroatoms. The zero-order chi connectivity index (χ0) is 21.8. The fourth-order valence-corrected chi connectivity index (χ4v) is 5.17. The molecule has 0 bridgehead atoms. The zero-order valence-corrected chi connectivity index (χ0v) is 17.7. The molecule has 0 saturated heterocycles. The van der Waals surface area contributed by atoms with Crippen molar-refractivity contribution in [2.24, 2.45) is 5.92 Å². The van der Waals surface area contributed by atoms with Gasteiger partial charge in [0.05, 0.1) is 15.8 Å². The summed E-state index contributed by atoms with van der Waals surface area (Å²) in [6.07, 6.45) is 4.40. The number of fused-ring (bicyclic) bond motifs is 1. The summed E-state index contributed by atoms with van der Waals surface area (Å²) in [6.45, 7) is 7.19. The highest BCUT2D eigenvalue weighted by atomic mass is 32.2. The Balaban J connectivity index is 1.95. The lowest BCUT2D eigenvalue weighted by molar-refractivity contribution is -0.112. The number of nitrogens with zero attached hydrogens (tertiary/aromatic N) is 2. The number of rotatable bonds is 7. The molecule has 2 saturated carbocycles. The number of nitrogens with one attached hydrogen (secondary N) is 2. The van der Waals surface area contributed by atoms with Crippen molar-refractivity contribution in [3.8, 4) is 0 Å². The average molecular weight is 433 g/mol. The maximum Gasteiger partial charge on any atom is 0.350 e. The van der Waals surface area contributed by atoms with E-state index in [-0.39, 0.29) is 10.3 Å². The first kappa shape index (κ1) is 20.5. The average Bonchev–Trinajstić information content (AvgIpc) is 3.60. The van der Waals surface area contributed by atoms with Gasteiger partial charge in [0.1, 0.15) is 0 Å². The van der Waals surface area contributed by atoms with E-state index in [4.69, 9.17) is 0 Å². The van der Waals surface area contributed by atoms with Crippen LogP contribution < -0.4 is 21.4 Å². The molecule has 0 spiro atoms. The van der Waals surface area contributed by atoms with Gasteiger partial charge in [-0.2, -0.15) is 4.68 Å². The summed E-state index contributed by atoms with van der Waals surface area (Å²) in [5.74, 6) is -0.401. The number of aromatic nitrogens is 2. The van der Waals surface area contributed by atoms with E-state index in [0.29, 0.717) is 28.2 Å². The van der Waals surface area contributed by atoms with Crippen LogP contribution in [0.2, 0.25) is 0 Å². The van der Waals surface area contributed by atoms with E-state index in [1.54, 1.807) is 13.0 Å². The molecule has 1 heterocycles. The van der Waals surface area contributed by atoms with Crippen molar-refractivity contribution in [1.82, 2.24) is 14.0 Å². The Morgan fingerprint density at radius 1 is 1.30 bits per heavy atom. The molecule has 2 fully saturated rings. The number of carbonyl (C=O) groups excluding carboxylic acids is 1. The maximum atomic E-state index is 13.0. The molecule has 9 nitrogen and oxygen atoms in total. The number of amides is 1. The summed E-state index contributed by atoms with van der Waals surface area (Å²) in [7, 11) is -3.86. The Labute approximate surface area is 173 Å². The largest absolute Gasteiger partial charge is 0.350 e. The van der Waals surface area contributed by atoms with Gasteiger partial charge in [-0.1, -0.05) is 6.58 Å². The van der Waals surface area contributed by atoms with Crippen LogP contribution in [0.25, 0.3) is 10.9 Å². The summed E-state index contributed by atoms with van der Waals surface area (Å²) in [4.78, 5) is 37.7. The molecule has 0 atom stereocenters. The Morgan fingerprint density at radius 3 is 2.53 bits per heavy atom. The lowest BCUT2D eigenvalue weighted by atomic mass is 10.1. The Hall–Kier alpha value is -2.72. The van der Waals surface area contributed by atoms with Crippen LogP contribution >= 0.6 is 0 Å². The normalized spacial score (nSPS) is 17.7. The second-order valence-corrected chi connectivity index (χ2v) is 10.1. The minimum absolute atomic E-state index is 0.0153. The zero-order valence-electron chi connectivity index (χ0n) is 16.9. The van der Waals surface area contributed by atoms with Gasteiger partial charge in [0, 0.05) is 12.1 Å². The minimum Gasteiger partial charge on any atom is -0.291 e. The molecule has 1 aromatic carbocycles. The van der Waals surface area contributed by atoms with Crippen molar-refractivity contribution >= 4 is 26.8 Å². The molecule has 1 aromatic heterocycles. The first-order valence-electron chi connectivity index (χ1n) is 9.82. The third-order valence-corrected chi connectivity index (χ3v) is 7.44. The molecule has 160 valence electrons. The van der Waals surface area contributed by atoms with Crippen molar-refractivity contribution in [3.05, 3.63) is 51.2 Å². The predicted octanol–water partition coefficient (Wildman–Crippen LogP) is 0.969. The van der Waals surface area contributed by atoms with E-state index in [9.17, 15) is 22.8 Å². The molecule has 0 radical (unpaired) electrons. The van der Waals surface area contributed by atoms with E-state index in [1.165, 1.54) is 10.6 Å². The first-order valence-corrected chi connectivity index (χ1v) is 11.3. The summed E-state index contributed by atoms with van der Waals surface area (Å²) in [5.41, 5.74) is 1.09. The molecule has 0 unspecified atom stereocenters. The Morgan fingerprint density at radius 2 is 1.97 bits per heavy atom. The highest BCUT2D eigenvalue weighted by Gasteiger charge is 2.41. The molecular weight excluding hydrogens is 408 g/mol. The topological polar surface area (TPSA) is 119 Å². The third kappa shape index (κ3) is 3.72. The van der Waals surface area contributed by atoms with Gasteiger partial charge in [-0.15, -0.1) is 0 Å². The van der Waals surface area contributed by atoms with Crippen LogP contribution in [-0.4, -0.2) is 29.1 Å².